The van der Waals surface area contributed by atoms with Crippen molar-refractivity contribution in [3.05, 3.63) is 11.8 Å². The van der Waals surface area contributed by atoms with Crippen LogP contribution < -0.4 is 5.32 Å². The highest BCUT2D eigenvalue weighted by Gasteiger charge is 2.24. The molecule has 1 aliphatic rings. The van der Waals surface area contributed by atoms with E-state index in [1.165, 1.54) is 0 Å². The number of rotatable bonds is 3. The molecule has 0 unspecified atom stereocenters. The number of piperazine rings is 1. The average molecular weight is 252 g/mol. The molecule has 2 heterocycles. The summed E-state index contributed by atoms with van der Waals surface area (Å²) < 4.78 is 4.92. The molecular formula is C12H20N4O2. The molecule has 1 aromatic heterocycles. The molecule has 6 heteroatoms. The highest BCUT2D eigenvalue weighted by Crippen LogP contribution is 2.10. The molecule has 100 valence electrons. The molecular weight excluding hydrogens is 232 g/mol. The molecule has 1 atom stereocenters. The minimum absolute atomic E-state index is 0.0344. The van der Waals surface area contributed by atoms with Gasteiger partial charge in [0.05, 0.1) is 6.04 Å². The second kappa shape index (κ2) is 5.49. The first-order valence-corrected chi connectivity index (χ1v) is 6.23. The lowest BCUT2D eigenvalue weighted by molar-refractivity contribution is -0.121. The van der Waals surface area contributed by atoms with Crippen molar-refractivity contribution in [2.75, 3.05) is 38.5 Å². The van der Waals surface area contributed by atoms with Crippen LogP contribution in [0.3, 0.4) is 0 Å². The van der Waals surface area contributed by atoms with Gasteiger partial charge in [0.15, 0.2) is 5.82 Å². The number of carbonyl (C=O) groups is 1. The van der Waals surface area contributed by atoms with Gasteiger partial charge in [-0.1, -0.05) is 5.16 Å². The number of nitrogens with one attached hydrogen (secondary N) is 1. The molecule has 0 spiro atoms. The van der Waals surface area contributed by atoms with E-state index in [0.29, 0.717) is 11.6 Å². The maximum absolute atomic E-state index is 12.1. The third-order valence-electron chi connectivity index (χ3n) is 3.34. The summed E-state index contributed by atoms with van der Waals surface area (Å²) in [5.41, 5.74) is 0. The van der Waals surface area contributed by atoms with Crippen LogP contribution in [0.1, 0.15) is 12.7 Å². The molecule has 6 nitrogen and oxygen atoms in total. The highest BCUT2D eigenvalue weighted by molar-refractivity contribution is 5.93. The first-order chi connectivity index (χ1) is 8.56. The maximum atomic E-state index is 12.1. The van der Waals surface area contributed by atoms with E-state index in [2.05, 4.69) is 27.3 Å². The molecule has 1 saturated heterocycles. The Morgan fingerprint density at radius 3 is 2.67 bits per heavy atom. The number of likely N-dealkylation sites (N-methyl/N-ethyl adjacent to an activating group) is 1. The van der Waals surface area contributed by atoms with E-state index < -0.39 is 0 Å². The number of nitrogens with zero attached hydrogens (tertiary/aromatic N) is 3. The molecule has 0 aliphatic carbocycles. The van der Waals surface area contributed by atoms with E-state index in [0.717, 1.165) is 26.2 Å². The Hall–Kier alpha value is -1.40. The van der Waals surface area contributed by atoms with Gasteiger partial charge in [-0.3, -0.25) is 9.69 Å². The minimum Gasteiger partial charge on any atom is -0.360 e. The van der Waals surface area contributed by atoms with Gasteiger partial charge in [0, 0.05) is 32.2 Å². The molecule has 0 bridgehead atoms. The topological polar surface area (TPSA) is 61.6 Å². The monoisotopic (exact) mass is 252 g/mol. The Morgan fingerprint density at radius 1 is 1.44 bits per heavy atom. The lowest BCUT2D eigenvalue weighted by atomic mass is 10.2. The molecule has 0 aromatic carbocycles. The molecule has 0 radical (unpaired) electrons. The van der Waals surface area contributed by atoms with Crippen molar-refractivity contribution < 1.29 is 9.32 Å². The predicted molar refractivity (Wildman–Crippen MR) is 68.4 cm³/mol. The summed E-state index contributed by atoms with van der Waals surface area (Å²) in [5.74, 6) is 1.14. The van der Waals surface area contributed by atoms with E-state index >= 15 is 0 Å². The van der Waals surface area contributed by atoms with Gasteiger partial charge in [-0.2, -0.15) is 0 Å². The second-order valence-corrected chi connectivity index (χ2v) is 4.83. The number of hydrogen-bond donors (Lipinski definition) is 1. The summed E-state index contributed by atoms with van der Waals surface area (Å²) in [4.78, 5) is 16.5. The number of aromatic nitrogens is 1. The number of carbonyl (C=O) groups excluding carboxylic acids is 1. The summed E-state index contributed by atoms with van der Waals surface area (Å²) in [6, 6.07) is 1.57. The largest absolute Gasteiger partial charge is 0.360 e. The van der Waals surface area contributed by atoms with Gasteiger partial charge in [0.25, 0.3) is 0 Å². The van der Waals surface area contributed by atoms with Crippen molar-refractivity contribution in [2.24, 2.45) is 0 Å². The van der Waals surface area contributed by atoms with E-state index in [9.17, 15) is 4.79 Å². The molecule has 1 aromatic rings. The fourth-order valence-corrected chi connectivity index (χ4v) is 2.03. The van der Waals surface area contributed by atoms with E-state index in [1.807, 2.05) is 6.92 Å². The fourth-order valence-electron chi connectivity index (χ4n) is 2.03. The van der Waals surface area contributed by atoms with Crippen LogP contribution in [-0.4, -0.2) is 60.1 Å². The number of anilines is 1. The zero-order valence-corrected chi connectivity index (χ0v) is 11.1. The van der Waals surface area contributed by atoms with Crippen molar-refractivity contribution in [3.63, 3.8) is 0 Å². The molecule has 1 fully saturated rings. The summed E-state index contributed by atoms with van der Waals surface area (Å²) in [6.07, 6.45) is 0. The van der Waals surface area contributed by atoms with Crippen molar-refractivity contribution in [1.82, 2.24) is 15.0 Å². The Bertz CT molecular complexity index is 410. The van der Waals surface area contributed by atoms with Crippen LogP contribution >= 0.6 is 0 Å². The Kier molecular flexibility index (Phi) is 3.98. The third-order valence-corrected chi connectivity index (χ3v) is 3.34. The van der Waals surface area contributed by atoms with Crippen LogP contribution in [0.5, 0.6) is 0 Å². The first-order valence-electron chi connectivity index (χ1n) is 6.23. The van der Waals surface area contributed by atoms with Crippen molar-refractivity contribution in [2.45, 2.75) is 19.9 Å². The van der Waals surface area contributed by atoms with Crippen LogP contribution in [0.25, 0.3) is 0 Å². The molecule has 0 saturated carbocycles. The van der Waals surface area contributed by atoms with E-state index in [-0.39, 0.29) is 11.9 Å². The van der Waals surface area contributed by atoms with Gasteiger partial charge in [-0.05, 0) is 20.9 Å². The zero-order chi connectivity index (χ0) is 13.1. The van der Waals surface area contributed by atoms with Gasteiger partial charge in [-0.25, -0.2) is 0 Å². The molecule has 1 N–H and O–H groups in total. The van der Waals surface area contributed by atoms with E-state index in [4.69, 9.17) is 4.52 Å². The summed E-state index contributed by atoms with van der Waals surface area (Å²) in [7, 11) is 2.10. The molecule has 18 heavy (non-hydrogen) atoms. The normalized spacial score (nSPS) is 19.7. The van der Waals surface area contributed by atoms with Crippen molar-refractivity contribution >= 4 is 11.7 Å². The number of aryl methyl sites for hydroxylation is 1. The minimum atomic E-state index is -0.143. The Balaban J connectivity index is 1.88. The Morgan fingerprint density at radius 2 is 2.11 bits per heavy atom. The fraction of sp³-hybridized carbons (Fsp3) is 0.667. The molecule has 1 amide bonds. The van der Waals surface area contributed by atoms with Gasteiger partial charge in [0.2, 0.25) is 5.91 Å². The van der Waals surface area contributed by atoms with Crippen LogP contribution in [0.2, 0.25) is 0 Å². The van der Waals surface area contributed by atoms with Gasteiger partial charge < -0.3 is 14.7 Å². The SMILES string of the molecule is Cc1cc(NC(=O)[C@@H](C)N2CCN(C)CC2)no1. The Labute approximate surface area is 107 Å². The highest BCUT2D eigenvalue weighted by atomic mass is 16.5. The summed E-state index contributed by atoms with van der Waals surface area (Å²) in [5, 5.41) is 6.53. The van der Waals surface area contributed by atoms with Crippen LogP contribution in [0.4, 0.5) is 5.82 Å². The third kappa shape index (κ3) is 3.08. The maximum Gasteiger partial charge on any atom is 0.242 e. The van der Waals surface area contributed by atoms with Crippen LogP contribution in [0.15, 0.2) is 10.6 Å². The van der Waals surface area contributed by atoms with Gasteiger partial charge >= 0.3 is 0 Å². The summed E-state index contributed by atoms with van der Waals surface area (Å²) in [6.45, 7) is 7.56. The quantitative estimate of drug-likeness (QED) is 0.851. The van der Waals surface area contributed by atoms with Gasteiger partial charge in [0.1, 0.15) is 5.76 Å². The lowest BCUT2D eigenvalue weighted by Crippen LogP contribution is -2.51. The van der Waals surface area contributed by atoms with Crippen LogP contribution in [0, 0.1) is 6.92 Å². The molecule has 2 rings (SSSR count). The predicted octanol–water partition coefficient (Wildman–Crippen LogP) is 0.557. The smallest absolute Gasteiger partial charge is 0.242 e. The van der Waals surface area contributed by atoms with Gasteiger partial charge in [-0.15, -0.1) is 0 Å². The zero-order valence-electron chi connectivity index (χ0n) is 11.1. The lowest BCUT2D eigenvalue weighted by Gasteiger charge is -2.35. The van der Waals surface area contributed by atoms with Crippen molar-refractivity contribution in [3.8, 4) is 0 Å². The average Bonchev–Trinajstić information content (AvgIpc) is 2.75. The molecule has 1 aliphatic heterocycles. The van der Waals surface area contributed by atoms with Crippen molar-refractivity contribution in [1.29, 1.82) is 0 Å². The first kappa shape index (κ1) is 13.0. The van der Waals surface area contributed by atoms with E-state index in [1.54, 1.807) is 13.0 Å². The number of hydrogen-bond acceptors (Lipinski definition) is 5. The van der Waals surface area contributed by atoms with Crippen LogP contribution in [-0.2, 0) is 4.79 Å². The summed E-state index contributed by atoms with van der Waals surface area (Å²) >= 11 is 0. The standard InChI is InChI=1S/C12H20N4O2/c1-9-8-11(14-18-9)13-12(17)10(2)16-6-4-15(3)5-7-16/h8,10H,4-7H2,1-3H3,(H,13,14,17)/t10-/m1/s1. The second-order valence-electron chi connectivity index (χ2n) is 4.83. The number of amides is 1.